The van der Waals surface area contributed by atoms with Crippen LogP contribution in [0.25, 0.3) is 0 Å². The van der Waals surface area contributed by atoms with Gasteiger partial charge in [0.1, 0.15) is 13.2 Å². The Balaban J connectivity index is 4.42. The highest BCUT2D eigenvalue weighted by molar-refractivity contribution is 5.71. The Morgan fingerprint density at radius 2 is 0.547 bits per heavy atom. The van der Waals surface area contributed by atoms with Crippen LogP contribution in [-0.2, 0) is 28.6 Å². The third kappa shape index (κ3) is 60.8. The lowest BCUT2D eigenvalue weighted by molar-refractivity contribution is -0.166. The summed E-state index contributed by atoms with van der Waals surface area (Å²) in [6.45, 7) is 6.47. The van der Waals surface area contributed by atoms with Crippen molar-refractivity contribution in [3.8, 4) is 0 Å². The van der Waals surface area contributed by atoms with Crippen LogP contribution in [0.2, 0.25) is 0 Å². The topological polar surface area (TPSA) is 78.9 Å². The van der Waals surface area contributed by atoms with E-state index >= 15 is 0 Å². The Hall–Kier alpha value is -3.93. The largest absolute Gasteiger partial charge is 0.462 e. The summed E-state index contributed by atoms with van der Waals surface area (Å²) < 4.78 is 16.8. The van der Waals surface area contributed by atoms with Gasteiger partial charge in [-0.1, -0.05) is 284 Å². The predicted octanol–water partition coefficient (Wildman–Crippen LogP) is 21.4. The summed E-state index contributed by atoms with van der Waals surface area (Å²) in [6.07, 6.45) is 85.3. The van der Waals surface area contributed by atoms with E-state index in [1.807, 2.05) is 6.08 Å². The second kappa shape index (κ2) is 62.6. The maximum atomic E-state index is 12.9. The fourth-order valence-electron chi connectivity index (χ4n) is 8.59. The van der Waals surface area contributed by atoms with E-state index in [1.165, 1.54) is 154 Å². The van der Waals surface area contributed by atoms with Crippen molar-refractivity contribution >= 4 is 17.9 Å². The van der Waals surface area contributed by atoms with Crippen LogP contribution < -0.4 is 0 Å². The van der Waals surface area contributed by atoms with Crippen molar-refractivity contribution in [2.45, 2.75) is 297 Å². The summed E-state index contributed by atoms with van der Waals surface area (Å²) in [7, 11) is 0. The lowest BCUT2D eigenvalue weighted by Crippen LogP contribution is -2.30. The standard InChI is InChI=1S/C69H116O6/c1-4-7-10-13-16-19-22-25-27-29-31-32-33-34-35-36-38-39-41-44-47-50-53-56-59-62-68(71)74-65-66(64-73-67(70)61-58-55-52-49-46-43-24-21-18-15-12-9-6-3)75-69(72)63-60-57-54-51-48-45-42-40-37-30-28-26-23-20-17-14-11-8-5-2/h8,11,17,20,22,25-26,28-29,31,33-34,37,40,45,48,54,57,66H,4-7,9-10,12-16,18-19,21,23-24,27,30,32,35-36,38-39,41-44,46-47,49-53,55-56,58-65H2,1-3H3/b11-8-,20-17-,25-22-,28-26-,31-29-,34-33-,40-37-,48-45-,57-54-. The van der Waals surface area contributed by atoms with Crippen molar-refractivity contribution in [3.63, 3.8) is 0 Å². The first-order valence-electron chi connectivity index (χ1n) is 31.4. The highest BCUT2D eigenvalue weighted by atomic mass is 16.6. The maximum absolute atomic E-state index is 12.9. The Morgan fingerprint density at radius 1 is 0.280 bits per heavy atom. The van der Waals surface area contributed by atoms with Crippen LogP contribution in [0.15, 0.2) is 109 Å². The van der Waals surface area contributed by atoms with Gasteiger partial charge in [-0.25, -0.2) is 0 Å². The van der Waals surface area contributed by atoms with Gasteiger partial charge in [0, 0.05) is 19.3 Å². The molecule has 75 heavy (non-hydrogen) atoms. The molecular formula is C69H116O6. The molecule has 0 bridgehead atoms. The molecule has 0 amide bonds. The number of carbonyl (C=O) groups excluding carboxylic acids is 3. The fourth-order valence-corrected chi connectivity index (χ4v) is 8.59. The highest BCUT2D eigenvalue weighted by Gasteiger charge is 2.19. The van der Waals surface area contributed by atoms with Crippen molar-refractivity contribution in [2.75, 3.05) is 13.2 Å². The van der Waals surface area contributed by atoms with Gasteiger partial charge in [0.25, 0.3) is 0 Å². The normalized spacial score (nSPS) is 12.8. The third-order valence-electron chi connectivity index (χ3n) is 13.3. The number of carbonyl (C=O) groups is 3. The first kappa shape index (κ1) is 71.1. The van der Waals surface area contributed by atoms with Crippen LogP contribution in [0, 0.1) is 0 Å². The molecule has 0 aromatic heterocycles. The zero-order chi connectivity index (χ0) is 54.3. The molecule has 0 aliphatic heterocycles. The van der Waals surface area contributed by atoms with Gasteiger partial charge in [0.2, 0.25) is 0 Å². The molecule has 1 unspecified atom stereocenters. The Bertz CT molecular complexity index is 1520. The summed E-state index contributed by atoms with van der Waals surface area (Å²) >= 11 is 0. The number of unbranched alkanes of at least 4 members (excludes halogenated alkanes) is 27. The van der Waals surface area contributed by atoms with E-state index in [1.54, 1.807) is 0 Å². The molecule has 0 aromatic carbocycles. The van der Waals surface area contributed by atoms with Crippen LogP contribution in [0.4, 0.5) is 0 Å². The molecule has 0 N–H and O–H groups in total. The maximum Gasteiger partial charge on any atom is 0.306 e. The molecule has 0 radical (unpaired) electrons. The minimum atomic E-state index is -0.821. The molecule has 0 rings (SSSR count). The molecule has 6 nitrogen and oxygen atoms in total. The molecule has 0 fully saturated rings. The van der Waals surface area contributed by atoms with Crippen LogP contribution in [0.5, 0.6) is 0 Å². The average molecular weight is 1040 g/mol. The Labute approximate surface area is 463 Å². The summed E-state index contributed by atoms with van der Waals surface area (Å²) in [6, 6.07) is 0. The molecule has 6 heteroatoms. The van der Waals surface area contributed by atoms with Gasteiger partial charge < -0.3 is 14.2 Å². The van der Waals surface area contributed by atoms with Crippen molar-refractivity contribution in [2.24, 2.45) is 0 Å². The quantitative estimate of drug-likeness (QED) is 0.0261. The van der Waals surface area contributed by atoms with Crippen molar-refractivity contribution in [3.05, 3.63) is 109 Å². The summed E-state index contributed by atoms with van der Waals surface area (Å²) in [5, 5.41) is 0. The molecule has 0 heterocycles. The number of hydrogen-bond acceptors (Lipinski definition) is 6. The van der Waals surface area contributed by atoms with Gasteiger partial charge in [0.05, 0.1) is 0 Å². The van der Waals surface area contributed by atoms with Crippen LogP contribution in [-0.4, -0.2) is 37.2 Å². The van der Waals surface area contributed by atoms with Crippen LogP contribution >= 0.6 is 0 Å². The fraction of sp³-hybridized carbons (Fsp3) is 0.696. The molecule has 0 saturated carbocycles. The van der Waals surface area contributed by atoms with Crippen LogP contribution in [0.1, 0.15) is 290 Å². The molecule has 0 aromatic rings. The van der Waals surface area contributed by atoms with E-state index in [0.29, 0.717) is 19.3 Å². The number of ether oxygens (including phenoxy) is 3. The number of allylic oxidation sites excluding steroid dienone is 18. The lowest BCUT2D eigenvalue weighted by Gasteiger charge is -2.18. The van der Waals surface area contributed by atoms with Crippen molar-refractivity contribution in [1.29, 1.82) is 0 Å². The first-order chi connectivity index (χ1) is 37.0. The Morgan fingerprint density at radius 3 is 0.867 bits per heavy atom. The molecule has 0 spiro atoms. The highest BCUT2D eigenvalue weighted by Crippen LogP contribution is 2.16. The minimum Gasteiger partial charge on any atom is -0.462 e. The molecule has 428 valence electrons. The molecule has 0 aliphatic carbocycles. The van der Waals surface area contributed by atoms with Crippen LogP contribution in [0.3, 0.4) is 0 Å². The van der Waals surface area contributed by atoms with Gasteiger partial charge in [0.15, 0.2) is 6.10 Å². The molecule has 1 atom stereocenters. The molecule has 0 saturated heterocycles. The van der Waals surface area contributed by atoms with Crippen molar-refractivity contribution in [1.82, 2.24) is 0 Å². The number of esters is 3. The summed E-state index contributed by atoms with van der Waals surface area (Å²) in [5.74, 6) is -0.991. The predicted molar refractivity (Wildman–Crippen MR) is 325 cm³/mol. The zero-order valence-electron chi connectivity index (χ0n) is 49.0. The molecule has 0 aliphatic rings. The van der Waals surface area contributed by atoms with E-state index in [9.17, 15) is 14.4 Å². The lowest BCUT2D eigenvalue weighted by atomic mass is 10.0. The average Bonchev–Trinajstić information content (AvgIpc) is 3.41. The van der Waals surface area contributed by atoms with Gasteiger partial charge in [-0.05, 0) is 96.3 Å². The van der Waals surface area contributed by atoms with Gasteiger partial charge in [-0.2, -0.15) is 0 Å². The van der Waals surface area contributed by atoms with Crippen molar-refractivity contribution < 1.29 is 28.6 Å². The number of rotatable bonds is 56. The van der Waals surface area contributed by atoms with Gasteiger partial charge in [-0.3, -0.25) is 14.4 Å². The summed E-state index contributed by atoms with van der Waals surface area (Å²) in [4.78, 5) is 38.2. The first-order valence-corrected chi connectivity index (χ1v) is 31.4. The SMILES string of the molecule is CC/C=C\C/C=C\C/C=C\C/C=C\C/C=C\C/C=C\CCC(=O)OC(COC(=O)CCCCCCCCCCCC/C=C\C/C=C\C/C=C\CCCCCCC)COC(=O)CCCCCCCCCCCCCCC. The Kier molecular flexibility index (Phi) is 59.3. The summed E-state index contributed by atoms with van der Waals surface area (Å²) in [5.41, 5.74) is 0. The minimum absolute atomic E-state index is 0.108. The second-order valence-corrected chi connectivity index (χ2v) is 20.6. The zero-order valence-corrected chi connectivity index (χ0v) is 49.0. The van der Waals surface area contributed by atoms with E-state index in [4.69, 9.17) is 14.2 Å². The van der Waals surface area contributed by atoms with Gasteiger partial charge >= 0.3 is 17.9 Å². The third-order valence-corrected chi connectivity index (χ3v) is 13.3. The molecular weight excluding hydrogens is 925 g/mol. The smallest absolute Gasteiger partial charge is 0.306 e. The number of hydrogen-bond donors (Lipinski definition) is 0. The van der Waals surface area contributed by atoms with Gasteiger partial charge in [-0.15, -0.1) is 0 Å². The second-order valence-electron chi connectivity index (χ2n) is 20.6. The van der Waals surface area contributed by atoms with E-state index in [-0.39, 0.29) is 31.6 Å². The van der Waals surface area contributed by atoms with E-state index in [2.05, 4.69) is 124 Å². The van der Waals surface area contributed by atoms with E-state index in [0.717, 1.165) is 89.9 Å². The van der Waals surface area contributed by atoms with E-state index < -0.39 is 12.1 Å². The monoisotopic (exact) mass is 1040 g/mol.